The first kappa shape index (κ1) is 14.6. The molecule has 3 nitrogen and oxygen atoms in total. The Bertz CT molecular complexity index is 520. The third-order valence-corrected chi connectivity index (χ3v) is 5.09. The summed E-state index contributed by atoms with van der Waals surface area (Å²) in [5, 5.41) is 8.74. The summed E-state index contributed by atoms with van der Waals surface area (Å²) in [6.45, 7) is 1.70. The van der Waals surface area contributed by atoms with Crippen molar-refractivity contribution in [2.45, 2.75) is 13.0 Å². The van der Waals surface area contributed by atoms with E-state index in [2.05, 4.69) is 61.2 Å². The van der Waals surface area contributed by atoms with Gasteiger partial charge in [-0.1, -0.05) is 6.07 Å². The van der Waals surface area contributed by atoms with Gasteiger partial charge in [0.25, 0.3) is 0 Å². The van der Waals surface area contributed by atoms with Crippen molar-refractivity contribution >= 4 is 44.6 Å². The first-order valence-electron chi connectivity index (χ1n) is 5.99. The summed E-state index contributed by atoms with van der Waals surface area (Å²) in [6.07, 6.45) is 1.03. The van der Waals surface area contributed by atoms with Crippen molar-refractivity contribution in [3.8, 4) is 0 Å². The Kier molecular flexibility index (Phi) is 5.88. The van der Waals surface area contributed by atoms with Gasteiger partial charge in [0.1, 0.15) is 0 Å². The SMILES string of the molecule is CN=C(NCCc1cccs1)NCc1ccc(Br)s1. The van der Waals surface area contributed by atoms with Gasteiger partial charge in [0.2, 0.25) is 0 Å². The summed E-state index contributed by atoms with van der Waals surface area (Å²) in [7, 11) is 1.80. The summed E-state index contributed by atoms with van der Waals surface area (Å²) >= 11 is 6.99. The van der Waals surface area contributed by atoms with Crippen molar-refractivity contribution in [3.63, 3.8) is 0 Å². The van der Waals surface area contributed by atoms with Gasteiger partial charge in [0.15, 0.2) is 5.96 Å². The van der Waals surface area contributed by atoms with E-state index in [0.29, 0.717) is 0 Å². The van der Waals surface area contributed by atoms with Crippen LogP contribution in [0.4, 0.5) is 0 Å². The molecule has 102 valence electrons. The fraction of sp³-hybridized carbons (Fsp3) is 0.308. The first-order chi connectivity index (χ1) is 9.28. The minimum Gasteiger partial charge on any atom is -0.356 e. The van der Waals surface area contributed by atoms with Crippen LogP contribution in [0.5, 0.6) is 0 Å². The van der Waals surface area contributed by atoms with Crippen LogP contribution in [-0.4, -0.2) is 19.6 Å². The number of hydrogen-bond acceptors (Lipinski definition) is 3. The third kappa shape index (κ3) is 4.97. The van der Waals surface area contributed by atoms with Crippen molar-refractivity contribution in [1.29, 1.82) is 0 Å². The Labute approximate surface area is 129 Å². The van der Waals surface area contributed by atoms with Crippen molar-refractivity contribution in [2.24, 2.45) is 4.99 Å². The topological polar surface area (TPSA) is 36.4 Å². The highest BCUT2D eigenvalue weighted by Gasteiger charge is 2.01. The van der Waals surface area contributed by atoms with E-state index < -0.39 is 0 Å². The molecule has 0 aliphatic rings. The molecule has 0 spiro atoms. The third-order valence-electron chi connectivity index (χ3n) is 2.53. The molecule has 0 unspecified atom stereocenters. The molecule has 0 atom stereocenters. The number of halogens is 1. The number of nitrogens with zero attached hydrogens (tertiary/aromatic N) is 1. The molecule has 0 aliphatic heterocycles. The minimum atomic E-state index is 0.801. The average molecular weight is 358 g/mol. The van der Waals surface area contributed by atoms with Gasteiger partial charge in [-0.3, -0.25) is 4.99 Å². The van der Waals surface area contributed by atoms with E-state index in [1.54, 1.807) is 29.7 Å². The zero-order valence-corrected chi connectivity index (χ0v) is 13.9. The molecule has 2 aromatic heterocycles. The van der Waals surface area contributed by atoms with E-state index in [1.807, 2.05) is 0 Å². The van der Waals surface area contributed by atoms with Crippen LogP contribution in [0, 0.1) is 0 Å². The van der Waals surface area contributed by atoms with Crippen molar-refractivity contribution < 1.29 is 0 Å². The second-order valence-electron chi connectivity index (χ2n) is 3.89. The zero-order chi connectivity index (χ0) is 13.5. The Morgan fingerprint density at radius 2 is 2.16 bits per heavy atom. The molecule has 6 heteroatoms. The van der Waals surface area contributed by atoms with E-state index in [1.165, 1.54) is 9.75 Å². The van der Waals surface area contributed by atoms with E-state index in [4.69, 9.17) is 0 Å². The number of hydrogen-bond donors (Lipinski definition) is 2. The Morgan fingerprint density at radius 3 is 2.79 bits per heavy atom. The molecule has 0 saturated carbocycles. The molecule has 2 aromatic rings. The van der Waals surface area contributed by atoms with Gasteiger partial charge in [-0.25, -0.2) is 0 Å². The molecule has 0 aliphatic carbocycles. The fourth-order valence-electron chi connectivity index (χ4n) is 1.60. The number of rotatable bonds is 5. The monoisotopic (exact) mass is 357 g/mol. The van der Waals surface area contributed by atoms with Crippen LogP contribution < -0.4 is 10.6 Å². The molecule has 0 radical (unpaired) electrons. The van der Waals surface area contributed by atoms with E-state index >= 15 is 0 Å². The van der Waals surface area contributed by atoms with Gasteiger partial charge in [0.05, 0.1) is 10.3 Å². The van der Waals surface area contributed by atoms with Crippen LogP contribution >= 0.6 is 38.6 Å². The number of thiophene rings is 2. The number of nitrogens with one attached hydrogen (secondary N) is 2. The molecular formula is C13H16BrN3S2. The predicted molar refractivity (Wildman–Crippen MR) is 88.2 cm³/mol. The lowest BCUT2D eigenvalue weighted by Crippen LogP contribution is -2.37. The van der Waals surface area contributed by atoms with Crippen LogP contribution in [0.2, 0.25) is 0 Å². The van der Waals surface area contributed by atoms with Crippen LogP contribution in [0.25, 0.3) is 0 Å². The number of aliphatic imine (C=N–C) groups is 1. The van der Waals surface area contributed by atoms with Gasteiger partial charge in [-0.05, 0) is 45.9 Å². The van der Waals surface area contributed by atoms with Gasteiger partial charge >= 0.3 is 0 Å². The van der Waals surface area contributed by atoms with Gasteiger partial charge in [-0.2, -0.15) is 0 Å². The van der Waals surface area contributed by atoms with Crippen molar-refractivity contribution in [1.82, 2.24) is 10.6 Å². The summed E-state index contributed by atoms with van der Waals surface area (Å²) in [4.78, 5) is 6.90. The largest absolute Gasteiger partial charge is 0.356 e. The van der Waals surface area contributed by atoms with Crippen molar-refractivity contribution in [3.05, 3.63) is 43.2 Å². The summed E-state index contributed by atoms with van der Waals surface area (Å²) in [5.41, 5.74) is 0. The van der Waals surface area contributed by atoms with Crippen LogP contribution in [0.1, 0.15) is 9.75 Å². The molecule has 19 heavy (non-hydrogen) atoms. The van der Waals surface area contributed by atoms with Crippen molar-refractivity contribution in [2.75, 3.05) is 13.6 Å². The molecule has 0 bridgehead atoms. The van der Waals surface area contributed by atoms with E-state index in [-0.39, 0.29) is 0 Å². The summed E-state index contributed by atoms with van der Waals surface area (Å²) in [5.74, 6) is 0.848. The highest BCUT2D eigenvalue weighted by Crippen LogP contribution is 2.21. The lowest BCUT2D eigenvalue weighted by molar-refractivity contribution is 0.804. The minimum absolute atomic E-state index is 0.801. The van der Waals surface area contributed by atoms with Crippen LogP contribution in [-0.2, 0) is 13.0 Å². The highest BCUT2D eigenvalue weighted by atomic mass is 79.9. The maximum absolute atomic E-state index is 4.22. The fourth-order valence-corrected chi connectivity index (χ4v) is 3.73. The molecule has 2 heterocycles. The van der Waals surface area contributed by atoms with Gasteiger partial charge in [-0.15, -0.1) is 22.7 Å². The Hall–Kier alpha value is -0.850. The Morgan fingerprint density at radius 1 is 1.26 bits per heavy atom. The molecule has 0 fully saturated rings. The van der Waals surface area contributed by atoms with Gasteiger partial charge < -0.3 is 10.6 Å². The van der Waals surface area contributed by atoms with Crippen LogP contribution in [0.3, 0.4) is 0 Å². The first-order valence-corrected chi connectivity index (χ1v) is 8.48. The van der Waals surface area contributed by atoms with Gasteiger partial charge in [0, 0.05) is 23.3 Å². The molecule has 0 saturated heterocycles. The van der Waals surface area contributed by atoms with E-state index in [9.17, 15) is 0 Å². The molecule has 0 aromatic carbocycles. The lowest BCUT2D eigenvalue weighted by Gasteiger charge is -2.10. The van der Waals surface area contributed by atoms with E-state index in [0.717, 1.165) is 29.3 Å². The van der Waals surface area contributed by atoms with Crippen LogP contribution in [0.15, 0.2) is 38.4 Å². The molecule has 2 rings (SSSR count). The average Bonchev–Trinajstić information content (AvgIpc) is 3.05. The quantitative estimate of drug-likeness (QED) is 0.634. The maximum Gasteiger partial charge on any atom is 0.191 e. The maximum atomic E-state index is 4.22. The summed E-state index contributed by atoms with van der Waals surface area (Å²) in [6, 6.07) is 8.42. The second kappa shape index (κ2) is 7.67. The molecule has 2 N–H and O–H groups in total. The predicted octanol–water partition coefficient (Wildman–Crippen LogP) is 3.48. The summed E-state index contributed by atoms with van der Waals surface area (Å²) < 4.78 is 1.16. The molecular weight excluding hydrogens is 342 g/mol. The lowest BCUT2D eigenvalue weighted by atomic mass is 10.3. The normalized spacial score (nSPS) is 11.6. The smallest absolute Gasteiger partial charge is 0.191 e. The highest BCUT2D eigenvalue weighted by molar-refractivity contribution is 9.11. The zero-order valence-electron chi connectivity index (χ0n) is 10.6. The second-order valence-corrected chi connectivity index (χ2v) is 7.47. The standard InChI is InChI=1S/C13H16BrN3S2/c1-15-13(16-7-6-10-3-2-8-18-10)17-9-11-4-5-12(14)19-11/h2-5,8H,6-7,9H2,1H3,(H2,15,16,17). The molecule has 0 amide bonds. The Balaban J connectivity index is 1.71. The number of guanidine groups is 1.